The predicted molar refractivity (Wildman–Crippen MR) is 91.8 cm³/mol. The molecule has 0 saturated carbocycles. The molecule has 3 nitrogen and oxygen atoms in total. The third kappa shape index (κ3) is 1.88. The Hall–Kier alpha value is -2.47. The van der Waals surface area contributed by atoms with Gasteiger partial charge in [-0.25, -0.2) is 0 Å². The van der Waals surface area contributed by atoms with Gasteiger partial charge >= 0.3 is 0 Å². The van der Waals surface area contributed by atoms with Gasteiger partial charge in [-0.2, -0.15) is 5.26 Å². The lowest BCUT2D eigenvalue weighted by molar-refractivity contribution is 0.730. The standard InChI is InChI=1S/C19H21N3/c1-12-9-10-13(2)18(14(12)3)22-15(4)21(5)19-16(11-20)7-6-8-17(19)22/h6-10,15H,1-5H3/t15-/m0/s1. The fourth-order valence-corrected chi connectivity index (χ4v) is 3.36. The van der Waals surface area contributed by atoms with Gasteiger partial charge in [0.05, 0.1) is 16.9 Å². The van der Waals surface area contributed by atoms with Crippen molar-refractivity contribution < 1.29 is 0 Å². The summed E-state index contributed by atoms with van der Waals surface area (Å²) in [5, 5.41) is 9.42. The van der Waals surface area contributed by atoms with E-state index in [9.17, 15) is 5.26 Å². The molecule has 2 aromatic rings. The molecule has 0 saturated heterocycles. The zero-order valence-electron chi connectivity index (χ0n) is 13.8. The summed E-state index contributed by atoms with van der Waals surface area (Å²) in [7, 11) is 2.06. The van der Waals surface area contributed by atoms with Crippen molar-refractivity contribution in [2.45, 2.75) is 33.9 Å². The zero-order valence-corrected chi connectivity index (χ0v) is 13.8. The molecule has 0 unspecified atom stereocenters. The second-order valence-corrected chi connectivity index (χ2v) is 6.07. The molecule has 1 atom stereocenters. The molecule has 1 aliphatic rings. The smallest absolute Gasteiger partial charge is 0.103 e. The lowest BCUT2D eigenvalue weighted by Crippen LogP contribution is -2.36. The minimum atomic E-state index is 0.184. The fourth-order valence-electron chi connectivity index (χ4n) is 3.36. The maximum Gasteiger partial charge on any atom is 0.103 e. The van der Waals surface area contributed by atoms with Crippen LogP contribution in [0.2, 0.25) is 0 Å². The Morgan fingerprint density at radius 3 is 2.36 bits per heavy atom. The van der Waals surface area contributed by atoms with E-state index in [4.69, 9.17) is 0 Å². The van der Waals surface area contributed by atoms with Crippen LogP contribution in [0.4, 0.5) is 17.1 Å². The SMILES string of the molecule is Cc1ccc(C)c(N2c3cccc(C#N)c3N(C)[C@@H]2C)c1C. The van der Waals surface area contributed by atoms with E-state index in [0.29, 0.717) is 0 Å². The lowest BCUT2D eigenvalue weighted by Gasteiger charge is -2.31. The minimum Gasteiger partial charge on any atom is -0.351 e. The fraction of sp³-hybridized carbons (Fsp3) is 0.316. The Balaban J connectivity index is 2.28. The normalized spacial score (nSPS) is 16.6. The molecule has 1 aliphatic heterocycles. The lowest BCUT2D eigenvalue weighted by atomic mass is 10.0. The van der Waals surface area contributed by atoms with Crippen LogP contribution in [0, 0.1) is 32.1 Å². The molecule has 0 aromatic heterocycles. The van der Waals surface area contributed by atoms with Crippen molar-refractivity contribution in [3.8, 4) is 6.07 Å². The van der Waals surface area contributed by atoms with E-state index in [0.717, 1.165) is 16.9 Å². The highest BCUT2D eigenvalue weighted by molar-refractivity contribution is 5.88. The number of rotatable bonds is 1. The third-order valence-electron chi connectivity index (χ3n) is 4.83. The van der Waals surface area contributed by atoms with Gasteiger partial charge in [-0.15, -0.1) is 0 Å². The van der Waals surface area contributed by atoms with E-state index in [1.165, 1.54) is 22.4 Å². The number of hydrogen-bond donors (Lipinski definition) is 0. The van der Waals surface area contributed by atoms with Gasteiger partial charge in [-0.05, 0) is 56.5 Å². The molecule has 3 heteroatoms. The molecule has 22 heavy (non-hydrogen) atoms. The van der Waals surface area contributed by atoms with Crippen molar-refractivity contribution in [1.29, 1.82) is 5.26 Å². The molecule has 0 aliphatic carbocycles. The van der Waals surface area contributed by atoms with Crippen LogP contribution < -0.4 is 9.80 Å². The van der Waals surface area contributed by atoms with Crippen molar-refractivity contribution in [3.63, 3.8) is 0 Å². The molecule has 0 radical (unpaired) electrons. The third-order valence-corrected chi connectivity index (χ3v) is 4.83. The largest absolute Gasteiger partial charge is 0.351 e. The molecule has 0 bridgehead atoms. The summed E-state index contributed by atoms with van der Waals surface area (Å²) in [6.45, 7) is 8.66. The number of hydrogen-bond acceptors (Lipinski definition) is 3. The van der Waals surface area contributed by atoms with Crippen LogP contribution >= 0.6 is 0 Å². The number of para-hydroxylation sites is 1. The Morgan fingerprint density at radius 1 is 1.00 bits per heavy atom. The second-order valence-electron chi connectivity index (χ2n) is 6.07. The molecular formula is C19H21N3. The highest BCUT2D eigenvalue weighted by Gasteiger charge is 2.34. The first-order valence-electron chi connectivity index (χ1n) is 7.59. The number of nitriles is 1. The van der Waals surface area contributed by atoms with E-state index in [1.54, 1.807) is 0 Å². The highest BCUT2D eigenvalue weighted by atomic mass is 15.4. The summed E-state index contributed by atoms with van der Waals surface area (Å²) in [5.41, 5.74) is 7.99. The Bertz CT molecular complexity index is 786. The summed E-state index contributed by atoms with van der Waals surface area (Å²) < 4.78 is 0. The second kappa shape index (κ2) is 5.06. The van der Waals surface area contributed by atoms with Crippen LogP contribution in [0.5, 0.6) is 0 Å². The van der Waals surface area contributed by atoms with Crippen molar-refractivity contribution >= 4 is 17.1 Å². The van der Waals surface area contributed by atoms with E-state index < -0.39 is 0 Å². The monoisotopic (exact) mass is 291 g/mol. The first-order valence-corrected chi connectivity index (χ1v) is 7.59. The maximum atomic E-state index is 9.42. The van der Waals surface area contributed by atoms with Crippen molar-refractivity contribution in [1.82, 2.24) is 0 Å². The van der Waals surface area contributed by atoms with Crippen molar-refractivity contribution in [2.24, 2.45) is 0 Å². The van der Waals surface area contributed by atoms with Gasteiger partial charge in [0.1, 0.15) is 12.2 Å². The summed E-state index contributed by atoms with van der Waals surface area (Å²) in [5.74, 6) is 0. The number of anilines is 3. The molecular weight excluding hydrogens is 270 g/mol. The van der Waals surface area contributed by atoms with Gasteiger partial charge in [0, 0.05) is 12.7 Å². The summed E-state index contributed by atoms with van der Waals surface area (Å²) in [6, 6.07) is 12.6. The first-order chi connectivity index (χ1) is 10.5. The van der Waals surface area contributed by atoms with Crippen LogP contribution in [0.1, 0.15) is 29.2 Å². The number of benzene rings is 2. The number of aryl methyl sites for hydroxylation is 2. The topological polar surface area (TPSA) is 30.3 Å². The first kappa shape index (κ1) is 14.5. The van der Waals surface area contributed by atoms with Crippen LogP contribution in [-0.4, -0.2) is 13.2 Å². The Morgan fingerprint density at radius 2 is 1.68 bits per heavy atom. The van der Waals surface area contributed by atoms with Crippen LogP contribution in [0.25, 0.3) is 0 Å². The van der Waals surface area contributed by atoms with E-state index in [1.807, 2.05) is 12.1 Å². The van der Waals surface area contributed by atoms with Gasteiger partial charge in [0.25, 0.3) is 0 Å². The van der Waals surface area contributed by atoms with Crippen LogP contribution in [-0.2, 0) is 0 Å². The van der Waals surface area contributed by atoms with Crippen molar-refractivity contribution in [2.75, 3.05) is 16.8 Å². The molecule has 0 fully saturated rings. The maximum absolute atomic E-state index is 9.42. The average Bonchev–Trinajstić information content (AvgIpc) is 2.76. The van der Waals surface area contributed by atoms with Crippen LogP contribution in [0.15, 0.2) is 30.3 Å². The average molecular weight is 291 g/mol. The van der Waals surface area contributed by atoms with Gasteiger partial charge in [0.15, 0.2) is 0 Å². The molecule has 0 spiro atoms. The quantitative estimate of drug-likeness (QED) is 0.779. The van der Waals surface area contributed by atoms with Gasteiger partial charge < -0.3 is 9.80 Å². The Kier molecular flexibility index (Phi) is 3.33. The molecule has 0 N–H and O–H groups in total. The van der Waals surface area contributed by atoms with Crippen molar-refractivity contribution in [3.05, 3.63) is 52.6 Å². The molecule has 3 rings (SSSR count). The van der Waals surface area contributed by atoms with E-state index >= 15 is 0 Å². The molecule has 2 aromatic carbocycles. The zero-order chi connectivity index (χ0) is 16.0. The van der Waals surface area contributed by atoms with Gasteiger partial charge in [-0.3, -0.25) is 0 Å². The molecule has 0 amide bonds. The van der Waals surface area contributed by atoms with E-state index in [2.05, 4.69) is 68.8 Å². The predicted octanol–water partition coefficient (Wildman–Crippen LogP) is 4.42. The van der Waals surface area contributed by atoms with Crippen LogP contribution in [0.3, 0.4) is 0 Å². The summed E-state index contributed by atoms with van der Waals surface area (Å²) >= 11 is 0. The number of nitrogens with zero attached hydrogens (tertiary/aromatic N) is 3. The highest BCUT2D eigenvalue weighted by Crippen LogP contribution is 2.47. The Labute approximate surface area is 132 Å². The minimum absolute atomic E-state index is 0.184. The number of fused-ring (bicyclic) bond motifs is 1. The van der Waals surface area contributed by atoms with Gasteiger partial charge in [-0.1, -0.05) is 18.2 Å². The van der Waals surface area contributed by atoms with Gasteiger partial charge in [0.2, 0.25) is 0 Å². The molecule has 1 heterocycles. The summed E-state index contributed by atoms with van der Waals surface area (Å²) in [6.07, 6.45) is 0.184. The van der Waals surface area contributed by atoms with E-state index in [-0.39, 0.29) is 6.17 Å². The molecule has 112 valence electrons. The summed E-state index contributed by atoms with van der Waals surface area (Å²) in [4.78, 5) is 4.54.